The predicted molar refractivity (Wildman–Crippen MR) is 106 cm³/mol. The van der Waals surface area contributed by atoms with E-state index in [0.29, 0.717) is 24.0 Å². The van der Waals surface area contributed by atoms with Gasteiger partial charge in [-0.15, -0.1) is 0 Å². The summed E-state index contributed by atoms with van der Waals surface area (Å²) in [5.41, 5.74) is 2.02. The van der Waals surface area contributed by atoms with Crippen LogP contribution in [0.15, 0.2) is 35.5 Å². The van der Waals surface area contributed by atoms with Crippen molar-refractivity contribution in [2.45, 2.75) is 31.2 Å². The van der Waals surface area contributed by atoms with Crippen molar-refractivity contribution in [2.24, 2.45) is 0 Å². The van der Waals surface area contributed by atoms with E-state index in [9.17, 15) is 14.7 Å². The minimum absolute atomic E-state index is 0.103. The van der Waals surface area contributed by atoms with E-state index >= 15 is 0 Å². The lowest BCUT2D eigenvalue weighted by molar-refractivity contribution is -0.255. The number of aromatic nitrogens is 2. The van der Waals surface area contributed by atoms with Gasteiger partial charge in [-0.3, -0.25) is 4.79 Å². The van der Waals surface area contributed by atoms with Crippen molar-refractivity contribution in [3.63, 3.8) is 0 Å². The van der Waals surface area contributed by atoms with Crippen LogP contribution in [-0.2, 0) is 17.0 Å². The summed E-state index contributed by atoms with van der Waals surface area (Å²) >= 11 is 1.48. The van der Waals surface area contributed by atoms with Gasteiger partial charge in [-0.1, -0.05) is 36.9 Å². The quantitative estimate of drug-likeness (QED) is 0.535. The molecule has 0 unspecified atom stereocenters. The fraction of sp³-hybridized carbons (Fsp3) is 0.400. The van der Waals surface area contributed by atoms with E-state index in [0.717, 1.165) is 36.6 Å². The van der Waals surface area contributed by atoms with E-state index in [1.165, 1.54) is 17.8 Å². The molecule has 1 aromatic carbocycles. The molecule has 2 aromatic rings. The van der Waals surface area contributed by atoms with Gasteiger partial charge in [-0.25, -0.2) is 9.97 Å². The average molecular weight is 399 g/mol. The molecular weight excluding hydrogens is 376 g/mol. The lowest BCUT2D eigenvalue weighted by Crippen LogP contribution is -2.48. The lowest BCUT2D eigenvalue weighted by atomic mass is 10.1. The number of nitrogens with zero attached hydrogens (tertiary/aromatic N) is 4. The summed E-state index contributed by atoms with van der Waals surface area (Å²) in [7, 11) is 0. The van der Waals surface area contributed by atoms with Crippen molar-refractivity contribution in [1.29, 1.82) is 0 Å². The molecule has 0 atom stereocenters. The van der Waals surface area contributed by atoms with Gasteiger partial charge < -0.3 is 19.7 Å². The molecule has 2 heterocycles. The summed E-state index contributed by atoms with van der Waals surface area (Å²) < 4.78 is 0. The Morgan fingerprint density at radius 2 is 1.89 bits per heavy atom. The van der Waals surface area contributed by atoms with Gasteiger partial charge in [0.25, 0.3) is 0 Å². The number of thioether (sulfide) groups is 1. The summed E-state index contributed by atoms with van der Waals surface area (Å²) in [5.74, 6) is 0.377. The van der Waals surface area contributed by atoms with Gasteiger partial charge in [-0.05, 0) is 23.6 Å². The van der Waals surface area contributed by atoms with E-state index in [1.54, 1.807) is 19.1 Å². The van der Waals surface area contributed by atoms with Gasteiger partial charge in [-0.2, -0.15) is 0 Å². The normalized spacial score (nSPS) is 14.2. The first kappa shape index (κ1) is 20.1. The molecule has 7 nitrogen and oxygen atoms in total. The van der Waals surface area contributed by atoms with Crippen molar-refractivity contribution in [3.05, 3.63) is 47.2 Å². The van der Waals surface area contributed by atoms with Gasteiger partial charge >= 0.3 is 0 Å². The minimum Gasteiger partial charge on any atom is -0.545 e. The first-order valence-corrected chi connectivity index (χ1v) is 10.3. The second-order valence-electron chi connectivity index (χ2n) is 6.62. The molecule has 0 saturated carbocycles. The maximum absolute atomic E-state index is 11.5. The van der Waals surface area contributed by atoms with Crippen molar-refractivity contribution >= 4 is 29.5 Å². The highest BCUT2D eigenvalue weighted by atomic mass is 32.2. The Balaban J connectivity index is 1.72. The molecule has 0 aliphatic carbocycles. The predicted octanol–water partition coefficient (Wildman–Crippen LogP) is 1.36. The van der Waals surface area contributed by atoms with Crippen LogP contribution in [0.4, 0.5) is 5.82 Å². The molecule has 0 spiro atoms. The van der Waals surface area contributed by atoms with Crippen LogP contribution in [-0.4, -0.2) is 52.9 Å². The number of amides is 1. The average Bonchev–Trinajstić information content (AvgIpc) is 2.72. The molecule has 3 rings (SSSR count). The standard InChI is InChI=1S/C20H24N4O3S/c1-3-17-12-18(24-9-7-23(8-10-24)14(2)25)22-20(21-17)28-13-15-5-4-6-16(11-15)19(26)27/h4-6,11-12H,3,7-10,13H2,1-2H3,(H,26,27)/p-1. The maximum atomic E-state index is 11.5. The monoisotopic (exact) mass is 399 g/mol. The highest BCUT2D eigenvalue weighted by Gasteiger charge is 2.20. The molecule has 0 bridgehead atoms. The molecule has 0 N–H and O–H groups in total. The molecular formula is C20H23N4O3S-. The fourth-order valence-electron chi connectivity index (χ4n) is 3.05. The van der Waals surface area contributed by atoms with Crippen LogP contribution in [0.2, 0.25) is 0 Å². The topological polar surface area (TPSA) is 89.5 Å². The second kappa shape index (κ2) is 9.05. The van der Waals surface area contributed by atoms with E-state index in [2.05, 4.69) is 16.8 Å². The number of rotatable bonds is 6. The molecule has 1 saturated heterocycles. The zero-order valence-corrected chi connectivity index (χ0v) is 16.9. The molecule has 1 aromatic heterocycles. The van der Waals surface area contributed by atoms with Gasteiger partial charge in [0.1, 0.15) is 5.82 Å². The third-order valence-electron chi connectivity index (χ3n) is 4.69. The summed E-state index contributed by atoms with van der Waals surface area (Å²) in [6.45, 7) is 6.53. The van der Waals surface area contributed by atoms with E-state index in [1.807, 2.05) is 17.0 Å². The van der Waals surface area contributed by atoms with E-state index < -0.39 is 5.97 Å². The lowest BCUT2D eigenvalue weighted by Gasteiger charge is -2.35. The van der Waals surface area contributed by atoms with Crippen LogP contribution < -0.4 is 10.0 Å². The van der Waals surface area contributed by atoms with Gasteiger partial charge in [0.15, 0.2) is 5.16 Å². The summed E-state index contributed by atoms with van der Waals surface area (Å²) in [5, 5.41) is 11.7. The Morgan fingerprint density at radius 1 is 1.14 bits per heavy atom. The highest BCUT2D eigenvalue weighted by molar-refractivity contribution is 7.98. The number of carboxylic acids is 1. The molecule has 0 radical (unpaired) electrons. The fourth-order valence-corrected chi connectivity index (χ4v) is 3.87. The van der Waals surface area contributed by atoms with Crippen LogP contribution in [0.25, 0.3) is 0 Å². The Labute approximate surface area is 168 Å². The number of hydrogen-bond donors (Lipinski definition) is 0. The number of carbonyl (C=O) groups is 2. The van der Waals surface area contributed by atoms with Crippen molar-refractivity contribution < 1.29 is 14.7 Å². The Morgan fingerprint density at radius 3 is 2.54 bits per heavy atom. The Kier molecular flexibility index (Phi) is 6.51. The largest absolute Gasteiger partial charge is 0.545 e. The minimum atomic E-state index is -1.18. The number of benzene rings is 1. The van der Waals surface area contributed by atoms with E-state index in [4.69, 9.17) is 4.98 Å². The van der Waals surface area contributed by atoms with Gasteiger partial charge in [0.2, 0.25) is 5.91 Å². The van der Waals surface area contributed by atoms with Crippen molar-refractivity contribution in [2.75, 3.05) is 31.1 Å². The SMILES string of the molecule is CCc1cc(N2CCN(C(C)=O)CC2)nc(SCc2cccc(C(=O)[O-])c2)n1. The molecule has 1 amide bonds. The number of anilines is 1. The molecule has 28 heavy (non-hydrogen) atoms. The van der Waals surface area contributed by atoms with Gasteiger partial charge in [0, 0.05) is 50.6 Å². The van der Waals surface area contributed by atoms with Crippen LogP contribution in [0, 0.1) is 0 Å². The number of carbonyl (C=O) groups excluding carboxylic acids is 2. The van der Waals surface area contributed by atoms with Gasteiger partial charge in [0.05, 0.1) is 5.97 Å². The maximum Gasteiger partial charge on any atom is 0.219 e. The number of piperazine rings is 1. The third-order valence-corrected chi connectivity index (χ3v) is 5.61. The number of hydrogen-bond acceptors (Lipinski definition) is 7. The second-order valence-corrected chi connectivity index (χ2v) is 7.57. The zero-order chi connectivity index (χ0) is 20.1. The first-order chi connectivity index (χ1) is 13.5. The van der Waals surface area contributed by atoms with E-state index in [-0.39, 0.29) is 11.5 Å². The molecule has 8 heteroatoms. The zero-order valence-electron chi connectivity index (χ0n) is 16.1. The van der Waals surface area contributed by atoms with Crippen molar-refractivity contribution in [1.82, 2.24) is 14.9 Å². The summed E-state index contributed by atoms with van der Waals surface area (Å²) in [4.78, 5) is 35.9. The highest BCUT2D eigenvalue weighted by Crippen LogP contribution is 2.24. The first-order valence-electron chi connectivity index (χ1n) is 9.27. The molecule has 1 aliphatic heterocycles. The molecule has 1 aliphatic rings. The molecule has 148 valence electrons. The van der Waals surface area contributed by atoms with Crippen LogP contribution in [0.3, 0.4) is 0 Å². The number of carboxylic acid groups (broad SMARTS) is 1. The third kappa shape index (κ3) is 5.01. The number of aromatic carboxylic acids is 1. The Bertz CT molecular complexity index is 866. The number of aryl methyl sites for hydroxylation is 1. The molecule has 1 fully saturated rings. The summed E-state index contributed by atoms with van der Waals surface area (Å²) in [6, 6.07) is 8.74. The van der Waals surface area contributed by atoms with Crippen LogP contribution in [0.5, 0.6) is 0 Å². The smallest absolute Gasteiger partial charge is 0.219 e. The van der Waals surface area contributed by atoms with Crippen LogP contribution >= 0.6 is 11.8 Å². The summed E-state index contributed by atoms with van der Waals surface area (Å²) in [6.07, 6.45) is 0.802. The van der Waals surface area contributed by atoms with Crippen molar-refractivity contribution in [3.8, 4) is 0 Å². The Hall–Kier alpha value is -2.61. The van der Waals surface area contributed by atoms with Crippen LogP contribution in [0.1, 0.15) is 35.5 Å².